The normalized spacial score (nSPS) is 5.67. The number of carbonyl (C=O) groups is 1. The standard InChI is InChI=1S/C3H7NO.V/c1-4(2)3-5;/h3H,1-2H3;. The van der Waals surface area contributed by atoms with Crippen molar-refractivity contribution >= 4 is 6.41 Å². The van der Waals surface area contributed by atoms with E-state index < -0.39 is 0 Å². The Morgan fingerprint density at radius 1 is 1.50 bits per heavy atom. The van der Waals surface area contributed by atoms with Gasteiger partial charge in [-0.3, -0.25) is 4.79 Å². The predicted octanol–water partition coefficient (Wildman–Crippen LogP) is -0.298. The quantitative estimate of drug-likeness (QED) is 0.439. The van der Waals surface area contributed by atoms with E-state index in [4.69, 9.17) is 0 Å². The maximum Gasteiger partial charge on any atom is 0.209 e. The summed E-state index contributed by atoms with van der Waals surface area (Å²) in [6, 6.07) is 0. The zero-order chi connectivity index (χ0) is 4.28. The van der Waals surface area contributed by atoms with Crippen molar-refractivity contribution in [1.82, 2.24) is 4.90 Å². The first-order chi connectivity index (χ1) is 2.27. The monoisotopic (exact) mass is 124 g/mol. The van der Waals surface area contributed by atoms with Gasteiger partial charge < -0.3 is 4.90 Å². The van der Waals surface area contributed by atoms with Crippen molar-refractivity contribution in [1.29, 1.82) is 0 Å². The third-order valence-corrected chi connectivity index (χ3v) is 0.211. The van der Waals surface area contributed by atoms with Crippen LogP contribution >= 0.6 is 0 Å². The summed E-state index contributed by atoms with van der Waals surface area (Å²) in [5, 5.41) is 0. The van der Waals surface area contributed by atoms with Gasteiger partial charge in [-0.2, -0.15) is 0 Å². The van der Waals surface area contributed by atoms with Gasteiger partial charge in [0.25, 0.3) is 0 Å². The van der Waals surface area contributed by atoms with Crippen LogP contribution in [0.25, 0.3) is 0 Å². The van der Waals surface area contributed by atoms with E-state index in [0.717, 1.165) is 6.41 Å². The third-order valence-electron chi connectivity index (χ3n) is 0.211. The van der Waals surface area contributed by atoms with Crippen LogP contribution in [0.2, 0.25) is 0 Å². The van der Waals surface area contributed by atoms with Gasteiger partial charge in [-0.15, -0.1) is 0 Å². The minimum atomic E-state index is 0. The fraction of sp³-hybridized carbons (Fsp3) is 0.667. The molecule has 6 heavy (non-hydrogen) atoms. The van der Waals surface area contributed by atoms with Crippen molar-refractivity contribution in [3.05, 3.63) is 0 Å². The Morgan fingerprint density at radius 3 is 1.67 bits per heavy atom. The second-order valence-electron chi connectivity index (χ2n) is 1.07. The Labute approximate surface area is 49.4 Å². The van der Waals surface area contributed by atoms with Gasteiger partial charge in [0, 0.05) is 32.7 Å². The maximum absolute atomic E-state index is 9.43. The Balaban J connectivity index is 0. The smallest absolute Gasteiger partial charge is 0.209 e. The molecule has 0 saturated carbocycles. The molecule has 0 unspecified atom stereocenters. The number of hydrogen-bond acceptors (Lipinski definition) is 1. The van der Waals surface area contributed by atoms with Gasteiger partial charge in [-0.1, -0.05) is 0 Å². The molecule has 0 aliphatic heterocycles. The molecule has 0 rings (SSSR count). The van der Waals surface area contributed by atoms with Crippen LogP contribution in [-0.2, 0) is 23.4 Å². The number of carbonyl (C=O) groups excluding carboxylic acids is 1. The van der Waals surface area contributed by atoms with Crippen LogP contribution in [0.1, 0.15) is 0 Å². The van der Waals surface area contributed by atoms with E-state index in [2.05, 4.69) is 0 Å². The molecule has 1 radical (unpaired) electrons. The summed E-state index contributed by atoms with van der Waals surface area (Å²) < 4.78 is 0. The van der Waals surface area contributed by atoms with Gasteiger partial charge in [-0.05, 0) is 0 Å². The molecule has 0 heterocycles. The number of rotatable bonds is 1. The molecule has 0 fully saturated rings. The summed E-state index contributed by atoms with van der Waals surface area (Å²) in [6.07, 6.45) is 0.750. The van der Waals surface area contributed by atoms with E-state index in [-0.39, 0.29) is 18.6 Å². The molecular formula is C3H7NOV. The molecule has 0 spiro atoms. The fourth-order valence-corrected chi connectivity index (χ4v) is 0. The van der Waals surface area contributed by atoms with E-state index in [1.807, 2.05) is 0 Å². The number of nitrogens with zero attached hydrogens (tertiary/aromatic N) is 1. The number of hydrogen-bond donors (Lipinski definition) is 0. The molecule has 2 nitrogen and oxygen atoms in total. The van der Waals surface area contributed by atoms with Crippen LogP contribution < -0.4 is 0 Å². The molecule has 0 aliphatic carbocycles. The first kappa shape index (κ1) is 9.41. The van der Waals surface area contributed by atoms with E-state index >= 15 is 0 Å². The van der Waals surface area contributed by atoms with Crippen LogP contribution in [-0.4, -0.2) is 25.4 Å². The van der Waals surface area contributed by atoms with Gasteiger partial charge in [0.15, 0.2) is 0 Å². The molecule has 0 aromatic heterocycles. The van der Waals surface area contributed by atoms with Crippen molar-refractivity contribution < 1.29 is 23.4 Å². The molecule has 0 aliphatic rings. The van der Waals surface area contributed by atoms with Crippen LogP contribution in [0.15, 0.2) is 0 Å². The minimum absolute atomic E-state index is 0. The van der Waals surface area contributed by atoms with Crippen molar-refractivity contribution in [2.45, 2.75) is 0 Å². The molecule has 0 aromatic rings. The topological polar surface area (TPSA) is 20.3 Å². The Kier molecular flexibility index (Phi) is 7.93. The summed E-state index contributed by atoms with van der Waals surface area (Å²) in [6.45, 7) is 0. The van der Waals surface area contributed by atoms with Crippen molar-refractivity contribution in [3.63, 3.8) is 0 Å². The fourth-order valence-electron chi connectivity index (χ4n) is 0. The van der Waals surface area contributed by atoms with Gasteiger partial charge in [0.05, 0.1) is 0 Å². The van der Waals surface area contributed by atoms with Gasteiger partial charge in [0.2, 0.25) is 6.41 Å². The van der Waals surface area contributed by atoms with E-state index in [0.29, 0.717) is 0 Å². The first-order valence-corrected chi connectivity index (χ1v) is 1.39. The van der Waals surface area contributed by atoms with Crippen LogP contribution in [0.5, 0.6) is 0 Å². The third kappa shape index (κ3) is 8.96. The van der Waals surface area contributed by atoms with Gasteiger partial charge in [0.1, 0.15) is 0 Å². The summed E-state index contributed by atoms with van der Waals surface area (Å²) >= 11 is 0. The van der Waals surface area contributed by atoms with Crippen molar-refractivity contribution in [2.24, 2.45) is 0 Å². The van der Waals surface area contributed by atoms with Crippen molar-refractivity contribution in [3.8, 4) is 0 Å². The molecule has 0 N–H and O–H groups in total. The Hall–Kier alpha value is 0.0544. The number of amides is 1. The maximum atomic E-state index is 9.43. The van der Waals surface area contributed by atoms with E-state index in [1.54, 1.807) is 14.1 Å². The molecule has 0 aromatic carbocycles. The Bertz CT molecular complexity index is 37.8. The SMILES string of the molecule is CN(C)C=O.[V]. The van der Waals surface area contributed by atoms with E-state index in [1.165, 1.54) is 4.90 Å². The molecule has 0 bridgehead atoms. The molecule has 0 saturated heterocycles. The van der Waals surface area contributed by atoms with Gasteiger partial charge in [-0.25, -0.2) is 0 Å². The van der Waals surface area contributed by atoms with Crippen molar-refractivity contribution in [2.75, 3.05) is 14.1 Å². The largest absolute Gasteiger partial charge is 0.351 e. The van der Waals surface area contributed by atoms with Gasteiger partial charge >= 0.3 is 0 Å². The summed E-state index contributed by atoms with van der Waals surface area (Å²) in [7, 11) is 3.38. The van der Waals surface area contributed by atoms with Crippen LogP contribution in [0.4, 0.5) is 0 Å². The second kappa shape index (κ2) is 5.05. The second-order valence-corrected chi connectivity index (χ2v) is 1.07. The molecule has 0 atom stereocenters. The molecule has 1 amide bonds. The summed E-state index contributed by atoms with van der Waals surface area (Å²) in [5.74, 6) is 0. The minimum Gasteiger partial charge on any atom is -0.351 e. The molecular weight excluding hydrogens is 117 g/mol. The van der Waals surface area contributed by atoms with E-state index in [9.17, 15) is 4.79 Å². The summed E-state index contributed by atoms with van der Waals surface area (Å²) in [5.41, 5.74) is 0. The first-order valence-electron chi connectivity index (χ1n) is 1.39. The van der Waals surface area contributed by atoms with Crippen LogP contribution in [0, 0.1) is 0 Å². The molecule has 3 heteroatoms. The Morgan fingerprint density at radius 2 is 1.67 bits per heavy atom. The zero-order valence-corrected chi connectivity index (χ0v) is 5.28. The molecule has 35 valence electrons. The van der Waals surface area contributed by atoms with Crippen LogP contribution in [0.3, 0.4) is 0 Å². The summed E-state index contributed by atoms with van der Waals surface area (Å²) in [4.78, 5) is 10.9. The average molecular weight is 124 g/mol. The average Bonchev–Trinajstić information content (AvgIpc) is 1.38. The zero-order valence-electron chi connectivity index (χ0n) is 3.88. The predicted molar refractivity (Wildman–Crippen MR) is 19.8 cm³/mol.